The van der Waals surface area contributed by atoms with E-state index in [9.17, 15) is 14.0 Å². The minimum absolute atomic E-state index is 0.121. The first-order valence-corrected chi connectivity index (χ1v) is 12.4. The van der Waals surface area contributed by atoms with Crippen LogP contribution in [0.3, 0.4) is 0 Å². The molecular weight excluding hydrogens is 462 g/mol. The fourth-order valence-corrected chi connectivity index (χ4v) is 3.93. The van der Waals surface area contributed by atoms with Crippen molar-refractivity contribution in [3.05, 3.63) is 70.5 Å². The summed E-state index contributed by atoms with van der Waals surface area (Å²) in [5.41, 5.74) is 1.03. The number of nitrogens with one attached hydrogen (secondary N) is 2. The van der Waals surface area contributed by atoms with Gasteiger partial charge in [0.1, 0.15) is 0 Å². The Balaban J connectivity index is 2.26. The third-order valence-corrected chi connectivity index (χ3v) is 5.90. The number of halogens is 2. The Morgan fingerprint density at radius 3 is 2.55 bits per heavy atom. The maximum atomic E-state index is 14.6. The monoisotopic (exact) mass is 486 g/mol. The Morgan fingerprint density at radius 1 is 1.21 bits per heavy atom. The molecule has 0 radical (unpaired) electrons. The molecule has 0 bridgehead atoms. The van der Waals surface area contributed by atoms with Gasteiger partial charge < -0.3 is 0 Å². The fraction of sp³-hybridized carbons (Fsp3) is 0.333. The van der Waals surface area contributed by atoms with Gasteiger partial charge in [0.15, 0.2) is 0 Å². The van der Waals surface area contributed by atoms with E-state index in [1.54, 1.807) is 0 Å². The van der Waals surface area contributed by atoms with Gasteiger partial charge in [0.2, 0.25) is 0 Å². The number of methoxy groups -OCH3 is 1. The van der Waals surface area contributed by atoms with Gasteiger partial charge in [-0.05, 0) is 0 Å². The van der Waals surface area contributed by atoms with E-state index in [1.807, 2.05) is 30.3 Å². The Morgan fingerprint density at radius 2 is 1.93 bits per heavy atom. The molecule has 156 valence electrons. The maximum absolute atomic E-state index is 14.6. The molecule has 0 heterocycles. The summed E-state index contributed by atoms with van der Waals surface area (Å²) in [6.07, 6.45) is 0.501. The number of ether oxygens (including phenoxy) is 1. The summed E-state index contributed by atoms with van der Waals surface area (Å²) in [5.74, 6) is 0.521. The predicted octanol–water partition coefficient (Wildman–Crippen LogP) is 3.53. The minimum atomic E-state index is -1.07. The molecule has 0 aliphatic rings. The summed E-state index contributed by atoms with van der Waals surface area (Å²) in [6.45, 7) is 0.286. The van der Waals surface area contributed by atoms with E-state index in [2.05, 4.69) is 16.5 Å². The predicted molar refractivity (Wildman–Crippen MR) is 112 cm³/mol. The standard InChI is InChI=1S/C21H24ClFN2O3Se/c1-28-21(27)18(10-11-29-2)25-19(16-9-8-15(22)12-17(16)23)20(26)24-13-14-6-4-3-5-7-14/h3-9,12,18-19,25H,10-11,13H2,1-2H3,(H,24,26)/t18-,19?/m0/s1. The molecule has 0 saturated carbocycles. The van der Waals surface area contributed by atoms with Crippen LogP contribution in [0, 0.1) is 5.82 Å². The number of hydrogen-bond donors (Lipinski definition) is 2. The molecule has 0 saturated heterocycles. The molecule has 2 aromatic carbocycles. The van der Waals surface area contributed by atoms with E-state index in [0.29, 0.717) is 21.4 Å². The topological polar surface area (TPSA) is 67.4 Å². The van der Waals surface area contributed by atoms with Gasteiger partial charge >= 0.3 is 182 Å². The summed E-state index contributed by atoms with van der Waals surface area (Å²) >= 11 is 6.21. The van der Waals surface area contributed by atoms with Crippen molar-refractivity contribution in [2.24, 2.45) is 0 Å². The van der Waals surface area contributed by atoms with Crippen molar-refractivity contribution in [2.75, 3.05) is 7.11 Å². The molecule has 0 aliphatic carbocycles. The summed E-state index contributed by atoms with van der Waals surface area (Å²) in [4.78, 5) is 25.2. The first-order valence-electron chi connectivity index (χ1n) is 9.05. The number of hydrogen-bond acceptors (Lipinski definition) is 4. The summed E-state index contributed by atoms with van der Waals surface area (Å²) in [6, 6.07) is 11.7. The molecular formula is C21H24ClFN2O3Se. The Labute approximate surface area is 181 Å². The van der Waals surface area contributed by atoms with Crippen molar-refractivity contribution in [1.29, 1.82) is 0 Å². The van der Waals surface area contributed by atoms with Gasteiger partial charge in [-0.25, -0.2) is 0 Å². The molecule has 2 aromatic rings. The normalized spacial score (nSPS) is 12.8. The van der Waals surface area contributed by atoms with Gasteiger partial charge in [-0.15, -0.1) is 0 Å². The van der Waals surface area contributed by atoms with Crippen LogP contribution in [0.4, 0.5) is 4.39 Å². The van der Waals surface area contributed by atoms with Crippen molar-refractivity contribution in [3.8, 4) is 0 Å². The van der Waals surface area contributed by atoms with Crippen molar-refractivity contribution >= 4 is 38.4 Å². The van der Waals surface area contributed by atoms with E-state index in [-0.39, 0.29) is 17.1 Å². The first-order chi connectivity index (χ1) is 14.0. The average Bonchev–Trinajstić information content (AvgIpc) is 2.73. The number of esters is 1. The molecule has 1 amide bonds. The quantitative estimate of drug-likeness (QED) is 0.399. The SMILES string of the molecule is COC(=O)[C@H](CC[Se]C)NC(C(=O)NCc1ccccc1)c1ccc(Cl)cc1F. The molecule has 5 nitrogen and oxygen atoms in total. The third-order valence-electron chi connectivity index (χ3n) is 4.31. The summed E-state index contributed by atoms with van der Waals surface area (Å²) in [7, 11) is 1.29. The van der Waals surface area contributed by atoms with Gasteiger partial charge in [0.05, 0.1) is 0 Å². The van der Waals surface area contributed by atoms with E-state index in [1.165, 1.54) is 19.2 Å². The Kier molecular flexibility index (Phi) is 9.61. The summed E-state index contributed by atoms with van der Waals surface area (Å²) in [5, 5.41) is 6.85. The molecule has 0 aromatic heterocycles. The molecule has 0 aliphatic heterocycles. The number of benzene rings is 2. The Hall–Kier alpha value is -1.92. The van der Waals surface area contributed by atoms with Crippen LogP contribution in [-0.2, 0) is 20.9 Å². The van der Waals surface area contributed by atoms with E-state index in [0.717, 1.165) is 16.9 Å². The third kappa shape index (κ3) is 7.12. The van der Waals surface area contributed by atoms with E-state index in [4.69, 9.17) is 16.3 Å². The molecule has 2 N–H and O–H groups in total. The zero-order chi connectivity index (χ0) is 21.2. The molecule has 0 spiro atoms. The molecule has 2 atom stereocenters. The van der Waals surface area contributed by atoms with Gasteiger partial charge in [-0.1, -0.05) is 0 Å². The zero-order valence-electron chi connectivity index (χ0n) is 16.3. The van der Waals surface area contributed by atoms with Crippen LogP contribution in [0.2, 0.25) is 16.2 Å². The molecule has 8 heteroatoms. The number of carbonyl (C=O) groups excluding carboxylic acids is 2. The van der Waals surface area contributed by atoms with E-state index >= 15 is 0 Å². The van der Waals surface area contributed by atoms with Crippen LogP contribution < -0.4 is 10.6 Å². The Bertz CT molecular complexity index is 823. The van der Waals surface area contributed by atoms with Crippen molar-refractivity contribution in [1.82, 2.24) is 10.6 Å². The van der Waals surface area contributed by atoms with Gasteiger partial charge in [0, 0.05) is 0 Å². The number of amides is 1. The van der Waals surface area contributed by atoms with Crippen LogP contribution in [0.5, 0.6) is 0 Å². The van der Waals surface area contributed by atoms with Crippen LogP contribution in [0.1, 0.15) is 23.6 Å². The summed E-state index contributed by atoms with van der Waals surface area (Å²) < 4.78 is 19.5. The van der Waals surface area contributed by atoms with Crippen LogP contribution >= 0.6 is 11.6 Å². The van der Waals surface area contributed by atoms with Gasteiger partial charge in [0.25, 0.3) is 0 Å². The second kappa shape index (κ2) is 11.9. The van der Waals surface area contributed by atoms with Gasteiger partial charge in [-0.3, -0.25) is 0 Å². The first kappa shape index (κ1) is 23.4. The molecule has 1 unspecified atom stereocenters. The van der Waals surface area contributed by atoms with Crippen molar-refractivity contribution < 1.29 is 18.7 Å². The van der Waals surface area contributed by atoms with Crippen LogP contribution in [-0.4, -0.2) is 40.0 Å². The molecule has 2 rings (SSSR count). The van der Waals surface area contributed by atoms with Crippen LogP contribution in [0.25, 0.3) is 0 Å². The number of rotatable bonds is 10. The second-order valence-electron chi connectivity index (χ2n) is 6.33. The van der Waals surface area contributed by atoms with Gasteiger partial charge in [-0.2, -0.15) is 0 Å². The average molecular weight is 486 g/mol. The second-order valence-corrected chi connectivity index (χ2v) is 8.83. The molecule has 29 heavy (non-hydrogen) atoms. The van der Waals surface area contributed by atoms with Crippen molar-refractivity contribution in [3.63, 3.8) is 0 Å². The zero-order valence-corrected chi connectivity index (χ0v) is 18.8. The van der Waals surface area contributed by atoms with Crippen molar-refractivity contribution in [2.45, 2.75) is 36.2 Å². The number of carbonyl (C=O) groups is 2. The van der Waals surface area contributed by atoms with Crippen LogP contribution in [0.15, 0.2) is 48.5 Å². The molecule has 0 fully saturated rings. The van der Waals surface area contributed by atoms with E-state index < -0.39 is 29.8 Å². The fourth-order valence-electron chi connectivity index (χ4n) is 2.78.